The van der Waals surface area contributed by atoms with E-state index in [2.05, 4.69) is 46.7 Å². The molecule has 0 spiro atoms. The van der Waals surface area contributed by atoms with Crippen LogP contribution < -0.4 is 10.6 Å². The second-order valence-electron chi connectivity index (χ2n) is 7.36. The van der Waals surface area contributed by atoms with Gasteiger partial charge < -0.3 is 10.6 Å². The predicted molar refractivity (Wildman–Crippen MR) is 97.7 cm³/mol. The van der Waals surface area contributed by atoms with E-state index in [1.165, 1.54) is 43.4 Å². The van der Waals surface area contributed by atoms with Crippen molar-refractivity contribution in [1.29, 1.82) is 0 Å². The van der Waals surface area contributed by atoms with Crippen molar-refractivity contribution < 1.29 is 4.79 Å². The topological polar surface area (TPSA) is 44.4 Å². The summed E-state index contributed by atoms with van der Waals surface area (Å²) in [5.74, 6) is 0.163. The molecular weight excluding hydrogens is 298 g/mol. The number of amides is 1. The Bertz CT molecular complexity index is 539. The first-order valence-corrected chi connectivity index (χ1v) is 9.53. The van der Waals surface area contributed by atoms with Gasteiger partial charge in [-0.15, -0.1) is 0 Å². The van der Waals surface area contributed by atoms with Crippen molar-refractivity contribution in [2.75, 3.05) is 13.1 Å². The van der Waals surface area contributed by atoms with Crippen LogP contribution in [0.2, 0.25) is 0 Å². The summed E-state index contributed by atoms with van der Waals surface area (Å²) < 4.78 is 0. The molecule has 0 radical (unpaired) electrons. The Morgan fingerprint density at radius 3 is 2.79 bits per heavy atom. The molecule has 2 unspecified atom stereocenters. The zero-order valence-corrected chi connectivity index (χ0v) is 14.9. The van der Waals surface area contributed by atoms with Crippen LogP contribution in [0.1, 0.15) is 56.6 Å². The first-order chi connectivity index (χ1) is 11.7. The third-order valence-electron chi connectivity index (χ3n) is 5.50. The summed E-state index contributed by atoms with van der Waals surface area (Å²) in [6, 6.07) is 9.57. The van der Waals surface area contributed by atoms with Gasteiger partial charge in [-0.3, -0.25) is 9.69 Å². The molecule has 0 aromatic heterocycles. The highest BCUT2D eigenvalue weighted by Crippen LogP contribution is 2.21. The molecule has 1 amide bonds. The number of carbonyl (C=O) groups excluding carboxylic acids is 1. The van der Waals surface area contributed by atoms with Gasteiger partial charge in [0.25, 0.3) is 0 Å². The van der Waals surface area contributed by atoms with Crippen molar-refractivity contribution in [3.8, 4) is 0 Å². The summed E-state index contributed by atoms with van der Waals surface area (Å²) >= 11 is 0. The van der Waals surface area contributed by atoms with Crippen LogP contribution >= 0.6 is 0 Å². The summed E-state index contributed by atoms with van der Waals surface area (Å²) in [6.07, 6.45) is 6.87. The lowest BCUT2D eigenvalue weighted by Gasteiger charge is -2.33. The lowest BCUT2D eigenvalue weighted by atomic mass is 10.0. The molecule has 3 rings (SSSR count). The van der Waals surface area contributed by atoms with E-state index in [-0.39, 0.29) is 5.91 Å². The van der Waals surface area contributed by atoms with Gasteiger partial charge in [0.05, 0.1) is 0 Å². The fourth-order valence-corrected chi connectivity index (χ4v) is 3.92. The van der Waals surface area contributed by atoms with Crippen LogP contribution in [-0.2, 0) is 17.9 Å². The van der Waals surface area contributed by atoms with Crippen LogP contribution in [0.5, 0.6) is 0 Å². The minimum atomic E-state index is 0.163. The Hall–Kier alpha value is -1.39. The smallest absolute Gasteiger partial charge is 0.221 e. The molecule has 2 aliphatic heterocycles. The van der Waals surface area contributed by atoms with Crippen LogP contribution in [-0.4, -0.2) is 36.0 Å². The molecule has 2 aliphatic rings. The molecule has 4 nitrogen and oxygen atoms in total. The Morgan fingerprint density at radius 1 is 1.21 bits per heavy atom. The summed E-state index contributed by atoms with van der Waals surface area (Å²) in [5.41, 5.74) is 2.61. The van der Waals surface area contributed by atoms with E-state index in [0.29, 0.717) is 25.0 Å². The van der Waals surface area contributed by atoms with Crippen LogP contribution in [0.25, 0.3) is 0 Å². The summed E-state index contributed by atoms with van der Waals surface area (Å²) in [6.45, 7) is 6.21. The zero-order chi connectivity index (χ0) is 16.8. The minimum Gasteiger partial charge on any atom is -0.352 e. The lowest BCUT2D eigenvalue weighted by molar-refractivity contribution is -0.121. The largest absolute Gasteiger partial charge is 0.352 e. The number of piperidine rings is 1. The Kier molecular flexibility index (Phi) is 6.27. The van der Waals surface area contributed by atoms with Gasteiger partial charge in [-0.2, -0.15) is 0 Å². The third kappa shape index (κ3) is 4.81. The SMILES string of the molecule is CC1CCCCN1Cc1ccccc1CNC(=O)CC1CCCN1. The average molecular weight is 329 g/mol. The first-order valence-electron chi connectivity index (χ1n) is 9.53. The Morgan fingerprint density at radius 2 is 2.04 bits per heavy atom. The number of hydrogen-bond acceptors (Lipinski definition) is 3. The molecule has 0 bridgehead atoms. The molecule has 132 valence electrons. The number of nitrogens with one attached hydrogen (secondary N) is 2. The highest BCUT2D eigenvalue weighted by atomic mass is 16.1. The monoisotopic (exact) mass is 329 g/mol. The van der Waals surface area contributed by atoms with E-state index in [1.807, 2.05) is 0 Å². The van der Waals surface area contributed by atoms with Crippen molar-refractivity contribution >= 4 is 5.91 Å². The summed E-state index contributed by atoms with van der Waals surface area (Å²) in [4.78, 5) is 14.7. The standard InChI is InChI=1S/C20H31N3O/c1-16-7-4-5-12-23(16)15-18-9-3-2-8-17(18)14-22-20(24)13-19-10-6-11-21-19/h2-3,8-9,16,19,21H,4-7,10-15H2,1H3,(H,22,24). The Balaban J connectivity index is 1.54. The quantitative estimate of drug-likeness (QED) is 0.843. The molecule has 2 heterocycles. The molecule has 0 aliphatic carbocycles. The van der Waals surface area contributed by atoms with Gasteiger partial charge in [-0.05, 0) is 56.8 Å². The van der Waals surface area contributed by atoms with Crippen molar-refractivity contribution in [3.63, 3.8) is 0 Å². The number of rotatable bonds is 6. The number of carbonyl (C=O) groups is 1. The molecule has 2 fully saturated rings. The number of nitrogens with zero attached hydrogens (tertiary/aromatic N) is 1. The summed E-state index contributed by atoms with van der Waals surface area (Å²) in [5, 5.41) is 6.51. The van der Waals surface area contributed by atoms with E-state index in [9.17, 15) is 4.79 Å². The van der Waals surface area contributed by atoms with Gasteiger partial charge in [0, 0.05) is 31.6 Å². The van der Waals surface area contributed by atoms with Crippen LogP contribution in [0.3, 0.4) is 0 Å². The number of benzene rings is 1. The molecule has 4 heteroatoms. The van der Waals surface area contributed by atoms with E-state index in [4.69, 9.17) is 0 Å². The van der Waals surface area contributed by atoms with Crippen molar-refractivity contribution in [3.05, 3.63) is 35.4 Å². The van der Waals surface area contributed by atoms with E-state index in [1.54, 1.807) is 0 Å². The lowest BCUT2D eigenvalue weighted by Crippen LogP contribution is -2.37. The van der Waals surface area contributed by atoms with Crippen molar-refractivity contribution in [2.45, 2.75) is 70.6 Å². The number of likely N-dealkylation sites (tertiary alicyclic amines) is 1. The second kappa shape index (κ2) is 8.63. The normalized spacial score (nSPS) is 24.9. The van der Waals surface area contributed by atoms with Gasteiger partial charge in [0.2, 0.25) is 5.91 Å². The van der Waals surface area contributed by atoms with Crippen molar-refractivity contribution in [2.24, 2.45) is 0 Å². The van der Waals surface area contributed by atoms with E-state index >= 15 is 0 Å². The summed E-state index contributed by atoms with van der Waals surface area (Å²) in [7, 11) is 0. The highest BCUT2D eigenvalue weighted by molar-refractivity contribution is 5.76. The van der Waals surface area contributed by atoms with Gasteiger partial charge in [0.1, 0.15) is 0 Å². The minimum absolute atomic E-state index is 0.163. The molecule has 2 N–H and O–H groups in total. The van der Waals surface area contributed by atoms with Gasteiger partial charge in [-0.1, -0.05) is 30.7 Å². The molecule has 0 saturated carbocycles. The molecule has 1 aromatic rings. The third-order valence-corrected chi connectivity index (χ3v) is 5.50. The average Bonchev–Trinajstić information content (AvgIpc) is 3.09. The maximum Gasteiger partial charge on any atom is 0.221 e. The van der Waals surface area contributed by atoms with Crippen LogP contribution in [0.15, 0.2) is 24.3 Å². The van der Waals surface area contributed by atoms with Crippen molar-refractivity contribution in [1.82, 2.24) is 15.5 Å². The highest BCUT2D eigenvalue weighted by Gasteiger charge is 2.20. The van der Waals surface area contributed by atoms with Crippen LogP contribution in [0, 0.1) is 0 Å². The fraction of sp³-hybridized carbons (Fsp3) is 0.650. The molecule has 24 heavy (non-hydrogen) atoms. The second-order valence-corrected chi connectivity index (χ2v) is 7.36. The zero-order valence-electron chi connectivity index (χ0n) is 14.9. The van der Waals surface area contributed by atoms with Gasteiger partial charge in [-0.25, -0.2) is 0 Å². The fourth-order valence-electron chi connectivity index (χ4n) is 3.92. The molecule has 2 atom stereocenters. The molecular formula is C20H31N3O. The molecule has 1 aromatic carbocycles. The van der Waals surface area contributed by atoms with Gasteiger partial charge in [0.15, 0.2) is 0 Å². The van der Waals surface area contributed by atoms with Gasteiger partial charge >= 0.3 is 0 Å². The van der Waals surface area contributed by atoms with E-state index in [0.717, 1.165) is 19.5 Å². The first kappa shape index (κ1) is 17.4. The van der Waals surface area contributed by atoms with Crippen LogP contribution in [0.4, 0.5) is 0 Å². The maximum absolute atomic E-state index is 12.2. The van der Waals surface area contributed by atoms with E-state index < -0.39 is 0 Å². The predicted octanol–water partition coefficient (Wildman–Crippen LogP) is 2.82. The maximum atomic E-state index is 12.2. The molecule has 2 saturated heterocycles. The number of hydrogen-bond donors (Lipinski definition) is 2. The Labute approximate surface area is 146 Å².